The van der Waals surface area contributed by atoms with Gasteiger partial charge < -0.3 is 11.1 Å². The molecule has 0 aromatic heterocycles. The minimum absolute atomic E-state index is 0.492. The summed E-state index contributed by atoms with van der Waals surface area (Å²) in [4.78, 5) is 0. The van der Waals surface area contributed by atoms with Gasteiger partial charge in [0.05, 0.1) is 5.71 Å². The molecule has 0 aliphatic heterocycles. The molecule has 2 rings (SSSR count). The number of hydrogen-bond acceptors (Lipinski definition) is 3. The van der Waals surface area contributed by atoms with E-state index in [1.165, 1.54) is 32.1 Å². The van der Waals surface area contributed by atoms with Gasteiger partial charge in [-0.3, -0.25) is 5.43 Å². The van der Waals surface area contributed by atoms with Gasteiger partial charge in [0.1, 0.15) is 0 Å². The maximum atomic E-state index is 5.76. The van der Waals surface area contributed by atoms with E-state index in [0.29, 0.717) is 11.2 Å². The largest absolute Gasteiger partial charge is 0.399 e. The molecule has 0 saturated heterocycles. The summed E-state index contributed by atoms with van der Waals surface area (Å²) < 4.78 is 0. The number of rotatable bonds is 3. The first-order chi connectivity index (χ1) is 9.65. The van der Waals surface area contributed by atoms with Gasteiger partial charge in [0, 0.05) is 11.7 Å². The zero-order valence-electron chi connectivity index (χ0n) is 11.9. The van der Waals surface area contributed by atoms with Crippen LogP contribution in [0.5, 0.6) is 0 Å². The molecule has 0 heterocycles. The number of benzene rings is 1. The lowest BCUT2D eigenvalue weighted by Gasteiger charge is -2.23. The van der Waals surface area contributed by atoms with Crippen LogP contribution in [-0.4, -0.2) is 16.9 Å². The number of hydrazone groups is 1. The van der Waals surface area contributed by atoms with Crippen molar-refractivity contribution in [1.82, 2.24) is 10.7 Å². The van der Waals surface area contributed by atoms with Crippen LogP contribution in [0.15, 0.2) is 29.4 Å². The summed E-state index contributed by atoms with van der Waals surface area (Å²) in [5, 5.41) is 8.23. The molecule has 1 fully saturated rings. The predicted molar refractivity (Wildman–Crippen MR) is 88.8 cm³/mol. The average molecular weight is 290 g/mol. The van der Waals surface area contributed by atoms with Crippen molar-refractivity contribution >= 4 is 28.7 Å². The van der Waals surface area contributed by atoms with Crippen LogP contribution < -0.4 is 16.5 Å². The number of hydrogen-bond donors (Lipinski definition) is 3. The van der Waals surface area contributed by atoms with E-state index < -0.39 is 0 Å². The molecular formula is C15H22N4S. The van der Waals surface area contributed by atoms with Crippen molar-refractivity contribution in [2.75, 3.05) is 5.73 Å². The molecule has 1 aromatic rings. The summed E-state index contributed by atoms with van der Waals surface area (Å²) >= 11 is 5.27. The Bertz CT molecular complexity index is 492. The van der Waals surface area contributed by atoms with Crippen LogP contribution in [0.4, 0.5) is 5.69 Å². The summed E-state index contributed by atoms with van der Waals surface area (Å²) in [7, 11) is 0. The summed E-state index contributed by atoms with van der Waals surface area (Å²) in [6.45, 7) is 1.94. The molecule has 20 heavy (non-hydrogen) atoms. The molecule has 4 nitrogen and oxygen atoms in total. The molecule has 0 unspecified atom stereocenters. The number of nitrogens with one attached hydrogen (secondary N) is 2. The highest BCUT2D eigenvalue weighted by molar-refractivity contribution is 7.80. The zero-order valence-corrected chi connectivity index (χ0v) is 12.7. The molecule has 1 aliphatic carbocycles. The normalized spacial score (nSPS) is 16.8. The number of nitrogens with zero attached hydrogens (tertiary/aromatic N) is 1. The smallest absolute Gasteiger partial charge is 0.187 e. The van der Waals surface area contributed by atoms with E-state index >= 15 is 0 Å². The van der Waals surface area contributed by atoms with Gasteiger partial charge in [-0.15, -0.1) is 0 Å². The SMILES string of the molecule is C/C(=N\NC(=S)NC1CCCCC1)c1cccc(N)c1. The van der Waals surface area contributed by atoms with E-state index in [2.05, 4.69) is 15.8 Å². The minimum Gasteiger partial charge on any atom is -0.399 e. The van der Waals surface area contributed by atoms with Crippen molar-refractivity contribution in [2.24, 2.45) is 5.10 Å². The molecule has 0 radical (unpaired) electrons. The maximum Gasteiger partial charge on any atom is 0.187 e. The number of thiocarbonyl (C=S) groups is 1. The van der Waals surface area contributed by atoms with Crippen LogP contribution in [-0.2, 0) is 0 Å². The lowest BCUT2D eigenvalue weighted by Crippen LogP contribution is -2.41. The Kier molecular flexibility index (Phi) is 5.35. The maximum absolute atomic E-state index is 5.76. The first-order valence-corrected chi connectivity index (χ1v) is 7.52. The van der Waals surface area contributed by atoms with Gasteiger partial charge in [-0.25, -0.2) is 0 Å². The molecule has 4 N–H and O–H groups in total. The standard InChI is InChI=1S/C15H22N4S/c1-11(12-6-5-7-13(16)10-12)18-19-15(20)17-14-8-3-2-4-9-14/h5-7,10,14H,2-4,8-9,16H2,1H3,(H2,17,19,20)/b18-11+. The molecule has 108 valence electrons. The first kappa shape index (κ1) is 14.8. The Labute approximate surface area is 125 Å². The fourth-order valence-electron chi connectivity index (χ4n) is 2.43. The van der Waals surface area contributed by atoms with Crippen molar-refractivity contribution in [3.63, 3.8) is 0 Å². The summed E-state index contributed by atoms with van der Waals surface area (Å²) in [6.07, 6.45) is 6.29. The minimum atomic E-state index is 0.492. The molecule has 0 atom stereocenters. The van der Waals surface area contributed by atoms with Gasteiger partial charge in [-0.05, 0) is 49.7 Å². The number of nitrogen functional groups attached to an aromatic ring is 1. The molecule has 1 aromatic carbocycles. The van der Waals surface area contributed by atoms with E-state index in [4.69, 9.17) is 18.0 Å². The second-order valence-corrected chi connectivity index (χ2v) is 5.65. The third kappa shape index (κ3) is 4.49. The van der Waals surface area contributed by atoms with Crippen molar-refractivity contribution in [3.05, 3.63) is 29.8 Å². The Hall–Kier alpha value is -1.62. The van der Waals surface area contributed by atoms with Gasteiger partial charge in [-0.2, -0.15) is 5.10 Å². The van der Waals surface area contributed by atoms with Crippen LogP contribution in [0.1, 0.15) is 44.6 Å². The molecule has 0 amide bonds. The Morgan fingerprint density at radius 2 is 2.05 bits per heavy atom. The lowest BCUT2D eigenvalue weighted by atomic mass is 9.96. The van der Waals surface area contributed by atoms with Crippen molar-refractivity contribution in [3.8, 4) is 0 Å². The van der Waals surface area contributed by atoms with Crippen LogP contribution in [0.3, 0.4) is 0 Å². The highest BCUT2D eigenvalue weighted by Crippen LogP contribution is 2.17. The number of anilines is 1. The fourth-order valence-corrected chi connectivity index (χ4v) is 2.64. The predicted octanol–water partition coefficient (Wildman–Crippen LogP) is 2.79. The molecule has 0 bridgehead atoms. The van der Waals surface area contributed by atoms with E-state index in [1.807, 2.05) is 31.2 Å². The summed E-state index contributed by atoms with van der Waals surface area (Å²) in [5.74, 6) is 0. The topological polar surface area (TPSA) is 62.4 Å². The molecule has 1 saturated carbocycles. The van der Waals surface area contributed by atoms with E-state index in [1.54, 1.807) is 0 Å². The van der Waals surface area contributed by atoms with E-state index in [-0.39, 0.29) is 0 Å². The van der Waals surface area contributed by atoms with Crippen LogP contribution in [0.25, 0.3) is 0 Å². The van der Waals surface area contributed by atoms with Gasteiger partial charge in [0.15, 0.2) is 5.11 Å². The monoisotopic (exact) mass is 290 g/mol. The average Bonchev–Trinajstić information content (AvgIpc) is 2.46. The molecule has 1 aliphatic rings. The van der Waals surface area contributed by atoms with Gasteiger partial charge >= 0.3 is 0 Å². The quantitative estimate of drug-likeness (QED) is 0.347. The lowest BCUT2D eigenvalue weighted by molar-refractivity contribution is 0.412. The highest BCUT2D eigenvalue weighted by atomic mass is 32.1. The van der Waals surface area contributed by atoms with Crippen molar-refractivity contribution in [1.29, 1.82) is 0 Å². The molecule has 5 heteroatoms. The Balaban J connectivity index is 1.86. The van der Waals surface area contributed by atoms with Gasteiger partial charge in [-0.1, -0.05) is 31.4 Å². The van der Waals surface area contributed by atoms with Crippen LogP contribution in [0.2, 0.25) is 0 Å². The highest BCUT2D eigenvalue weighted by Gasteiger charge is 2.13. The van der Waals surface area contributed by atoms with Gasteiger partial charge in [0.2, 0.25) is 0 Å². The molecular weight excluding hydrogens is 268 g/mol. The van der Waals surface area contributed by atoms with Crippen molar-refractivity contribution < 1.29 is 0 Å². The van der Waals surface area contributed by atoms with Crippen LogP contribution >= 0.6 is 12.2 Å². The molecule has 0 spiro atoms. The second kappa shape index (κ2) is 7.24. The second-order valence-electron chi connectivity index (χ2n) is 5.24. The summed E-state index contributed by atoms with van der Waals surface area (Å²) in [5.41, 5.74) is 11.3. The Morgan fingerprint density at radius 1 is 1.30 bits per heavy atom. The van der Waals surface area contributed by atoms with E-state index in [9.17, 15) is 0 Å². The summed E-state index contributed by atoms with van der Waals surface area (Å²) in [6, 6.07) is 8.15. The van der Waals surface area contributed by atoms with Crippen molar-refractivity contribution in [2.45, 2.75) is 45.1 Å². The van der Waals surface area contributed by atoms with E-state index in [0.717, 1.165) is 17.0 Å². The first-order valence-electron chi connectivity index (χ1n) is 7.12. The van der Waals surface area contributed by atoms with Gasteiger partial charge in [0.25, 0.3) is 0 Å². The zero-order chi connectivity index (χ0) is 14.4. The fraction of sp³-hybridized carbons (Fsp3) is 0.467. The number of nitrogens with two attached hydrogens (primary N) is 1. The third-order valence-electron chi connectivity index (χ3n) is 3.57. The van der Waals surface area contributed by atoms with Crippen LogP contribution in [0, 0.1) is 0 Å². The third-order valence-corrected chi connectivity index (χ3v) is 3.78. The Morgan fingerprint density at radius 3 is 2.75 bits per heavy atom.